The van der Waals surface area contributed by atoms with Gasteiger partial charge < -0.3 is 19.4 Å². The molecule has 2 heterocycles. The topological polar surface area (TPSA) is 145 Å². The predicted molar refractivity (Wildman–Crippen MR) is 118 cm³/mol. The number of ether oxygens (including phenoxy) is 2. The standard InChI is InChI=1S/C22H22FN3O7S/c1-32-6-5-26-11-15(8-14(10-24)22(26)29)21(28)18-9-16(23)2-3-19(18)33-12-20(27)25-17-4-7-34(30,31)13-17/h2-3,8-9,11,17H,4-7,12-13H2,1H3,(H,25,27). The van der Waals surface area contributed by atoms with Crippen molar-refractivity contribution >= 4 is 21.5 Å². The molecule has 1 N–H and O–H groups in total. The highest BCUT2D eigenvalue weighted by atomic mass is 32.2. The van der Waals surface area contributed by atoms with Crippen LogP contribution in [-0.2, 0) is 25.9 Å². The van der Waals surface area contributed by atoms with Crippen molar-refractivity contribution in [3.63, 3.8) is 0 Å². The molecule has 0 saturated carbocycles. The molecular formula is C22H22FN3O7S. The van der Waals surface area contributed by atoms with E-state index in [0.717, 1.165) is 22.8 Å². The van der Waals surface area contributed by atoms with Crippen LogP contribution >= 0.6 is 0 Å². The summed E-state index contributed by atoms with van der Waals surface area (Å²) < 4.78 is 48.5. The van der Waals surface area contributed by atoms with Crippen LogP contribution in [0.2, 0.25) is 0 Å². The van der Waals surface area contributed by atoms with E-state index >= 15 is 0 Å². The van der Waals surface area contributed by atoms with Gasteiger partial charge in [0, 0.05) is 31.5 Å². The lowest BCUT2D eigenvalue weighted by Crippen LogP contribution is -2.38. The Morgan fingerprint density at radius 1 is 1.32 bits per heavy atom. The summed E-state index contributed by atoms with van der Waals surface area (Å²) in [4.78, 5) is 37.6. The molecule has 1 saturated heterocycles. The molecular weight excluding hydrogens is 469 g/mol. The van der Waals surface area contributed by atoms with Gasteiger partial charge in [0.05, 0.1) is 23.7 Å². The van der Waals surface area contributed by atoms with E-state index in [1.165, 1.54) is 19.4 Å². The van der Waals surface area contributed by atoms with Crippen molar-refractivity contribution in [3.8, 4) is 11.8 Å². The van der Waals surface area contributed by atoms with E-state index in [1.807, 2.05) is 0 Å². The van der Waals surface area contributed by atoms with Crippen LogP contribution in [0.15, 0.2) is 35.3 Å². The first-order valence-corrected chi connectivity index (χ1v) is 12.1. The first-order chi connectivity index (χ1) is 16.1. The number of halogens is 1. The molecule has 1 amide bonds. The second-order valence-electron chi connectivity index (χ2n) is 7.67. The lowest BCUT2D eigenvalue weighted by molar-refractivity contribution is -0.123. The first kappa shape index (κ1) is 25.1. The summed E-state index contributed by atoms with van der Waals surface area (Å²) in [5.41, 5.74) is -1.13. The molecule has 0 radical (unpaired) electrons. The molecule has 1 unspecified atom stereocenters. The molecule has 2 aromatic rings. The SMILES string of the molecule is COCCn1cc(C(=O)c2cc(F)ccc2OCC(=O)NC2CCS(=O)(=O)C2)cc(C#N)c1=O. The number of benzene rings is 1. The van der Waals surface area contributed by atoms with Gasteiger partial charge in [0.15, 0.2) is 22.2 Å². The van der Waals surface area contributed by atoms with Crippen LogP contribution in [0, 0.1) is 17.1 Å². The number of rotatable bonds is 9. The third-order valence-corrected chi connectivity index (χ3v) is 6.92. The van der Waals surface area contributed by atoms with Crippen molar-refractivity contribution in [2.75, 3.05) is 31.8 Å². The minimum Gasteiger partial charge on any atom is -0.483 e. The van der Waals surface area contributed by atoms with Gasteiger partial charge in [-0.2, -0.15) is 5.26 Å². The Morgan fingerprint density at radius 3 is 2.74 bits per heavy atom. The number of pyridine rings is 1. The van der Waals surface area contributed by atoms with Gasteiger partial charge in [0.2, 0.25) is 0 Å². The molecule has 180 valence electrons. The largest absolute Gasteiger partial charge is 0.483 e. The Kier molecular flexibility index (Phi) is 7.80. The van der Waals surface area contributed by atoms with Gasteiger partial charge in [0.25, 0.3) is 11.5 Å². The Morgan fingerprint density at radius 2 is 2.09 bits per heavy atom. The van der Waals surface area contributed by atoms with Crippen LogP contribution in [0.5, 0.6) is 5.75 Å². The van der Waals surface area contributed by atoms with E-state index in [2.05, 4.69) is 5.32 Å². The minimum atomic E-state index is -3.18. The number of nitriles is 1. The second kappa shape index (κ2) is 10.6. The number of hydrogen-bond donors (Lipinski definition) is 1. The Labute approximate surface area is 194 Å². The van der Waals surface area contributed by atoms with E-state index in [4.69, 9.17) is 9.47 Å². The van der Waals surface area contributed by atoms with Crippen molar-refractivity contribution in [2.45, 2.75) is 19.0 Å². The summed E-state index contributed by atoms with van der Waals surface area (Å²) in [6, 6.07) is 5.48. The average Bonchev–Trinajstić information content (AvgIpc) is 3.14. The van der Waals surface area contributed by atoms with Crippen LogP contribution in [0.4, 0.5) is 4.39 Å². The summed E-state index contributed by atoms with van der Waals surface area (Å²) >= 11 is 0. The third kappa shape index (κ3) is 6.06. The van der Waals surface area contributed by atoms with E-state index < -0.39 is 45.6 Å². The van der Waals surface area contributed by atoms with Gasteiger partial charge in [-0.15, -0.1) is 0 Å². The van der Waals surface area contributed by atoms with Crippen LogP contribution in [-0.4, -0.2) is 62.5 Å². The lowest BCUT2D eigenvalue weighted by Gasteiger charge is -2.14. The molecule has 1 fully saturated rings. The zero-order valence-corrected chi connectivity index (χ0v) is 19.1. The monoisotopic (exact) mass is 491 g/mol. The Hall–Kier alpha value is -3.56. The summed E-state index contributed by atoms with van der Waals surface area (Å²) in [6.45, 7) is -0.276. The zero-order valence-electron chi connectivity index (χ0n) is 18.2. The fourth-order valence-electron chi connectivity index (χ4n) is 3.48. The van der Waals surface area contributed by atoms with Crippen LogP contribution in [0.3, 0.4) is 0 Å². The molecule has 1 aromatic carbocycles. The summed E-state index contributed by atoms with van der Waals surface area (Å²) in [6.07, 6.45) is 1.54. The van der Waals surface area contributed by atoms with Gasteiger partial charge in [-0.3, -0.25) is 14.4 Å². The number of ketones is 1. The van der Waals surface area contributed by atoms with Gasteiger partial charge in [-0.05, 0) is 30.7 Å². The molecule has 12 heteroatoms. The maximum atomic E-state index is 14.0. The van der Waals surface area contributed by atoms with E-state index in [9.17, 15) is 32.5 Å². The van der Waals surface area contributed by atoms with Crippen LogP contribution in [0.25, 0.3) is 0 Å². The van der Waals surface area contributed by atoms with Gasteiger partial charge >= 0.3 is 0 Å². The number of carbonyl (C=O) groups excluding carboxylic acids is 2. The fraction of sp³-hybridized carbons (Fsp3) is 0.364. The third-order valence-electron chi connectivity index (χ3n) is 5.15. The highest BCUT2D eigenvalue weighted by molar-refractivity contribution is 7.91. The molecule has 10 nitrogen and oxygen atoms in total. The van der Waals surface area contributed by atoms with Crippen molar-refractivity contribution in [2.24, 2.45) is 0 Å². The highest BCUT2D eigenvalue weighted by Crippen LogP contribution is 2.23. The second-order valence-corrected chi connectivity index (χ2v) is 9.90. The number of sulfone groups is 1. The molecule has 1 atom stereocenters. The number of methoxy groups -OCH3 is 1. The quantitative estimate of drug-likeness (QED) is 0.497. The molecule has 1 aliphatic heterocycles. The van der Waals surface area contributed by atoms with E-state index in [1.54, 1.807) is 6.07 Å². The zero-order chi connectivity index (χ0) is 24.9. The smallest absolute Gasteiger partial charge is 0.268 e. The summed E-state index contributed by atoms with van der Waals surface area (Å²) in [7, 11) is -1.74. The fourth-order valence-corrected chi connectivity index (χ4v) is 5.15. The molecule has 3 rings (SSSR count). The number of amides is 1. The maximum absolute atomic E-state index is 14.0. The highest BCUT2D eigenvalue weighted by Gasteiger charge is 2.29. The predicted octanol–water partition coefficient (Wildman–Crippen LogP) is 0.419. The molecule has 34 heavy (non-hydrogen) atoms. The number of hydrogen-bond acceptors (Lipinski definition) is 8. The maximum Gasteiger partial charge on any atom is 0.268 e. The Bertz CT molecular complexity index is 1310. The molecule has 1 aromatic heterocycles. The number of carbonyl (C=O) groups is 2. The summed E-state index contributed by atoms with van der Waals surface area (Å²) in [5, 5.41) is 11.8. The van der Waals surface area contributed by atoms with Gasteiger partial charge in [0.1, 0.15) is 23.2 Å². The Balaban J connectivity index is 1.82. The van der Waals surface area contributed by atoms with E-state index in [0.29, 0.717) is 6.42 Å². The van der Waals surface area contributed by atoms with Crippen LogP contribution in [0.1, 0.15) is 27.9 Å². The molecule has 0 spiro atoms. The molecule has 0 aliphatic carbocycles. The van der Waals surface area contributed by atoms with Crippen LogP contribution < -0.4 is 15.6 Å². The van der Waals surface area contributed by atoms with E-state index in [-0.39, 0.29) is 47.1 Å². The lowest BCUT2D eigenvalue weighted by atomic mass is 10.0. The van der Waals surface area contributed by atoms with Gasteiger partial charge in [-0.1, -0.05) is 0 Å². The van der Waals surface area contributed by atoms with Crippen molar-refractivity contribution in [3.05, 3.63) is 63.3 Å². The minimum absolute atomic E-state index is 0.00731. The molecule has 1 aliphatic rings. The van der Waals surface area contributed by atoms with Gasteiger partial charge in [-0.25, -0.2) is 12.8 Å². The summed E-state index contributed by atoms with van der Waals surface area (Å²) in [5.74, 6) is -2.30. The van der Waals surface area contributed by atoms with Crippen molar-refractivity contribution in [1.82, 2.24) is 9.88 Å². The molecule has 0 bridgehead atoms. The average molecular weight is 491 g/mol. The normalized spacial score (nSPS) is 16.6. The number of aromatic nitrogens is 1. The van der Waals surface area contributed by atoms with Crippen molar-refractivity contribution in [1.29, 1.82) is 5.26 Å². The van der Waals surface area contributed by atoms with Crippen molar-refractivity contribution < 1.29 is 31.9 Å². The number of nitrogens with one attached hydrogen (secondary N) is 1. The number of nitrogens with zero attached hydrogens (tertiary/aromatic N) is 2. The first-order valence-electron chi connectivity index (χ1n) is 10.2.